The molecular formula is C22H27ClN4O. The van der Waals surface area contributed by atoms with Crippen LogP contribution in [-0.4, -0.2) is 52.4 Å². The second-order valence-corrected chi connectivity index (χ2v) is 8.43. The number of hydrogen-bond acceptors (Lipinski definition) is 4. The number of carbonyl (C=O) groups excluding carboxylic acids is 1. The molecule has 4 rings (SSSR count). The molecule has 1 saturated heterocycles. The smallest absolute Gasteiger partial charge is 0.222 e. The van der Waals surface area contributed by atoms with E-state index in [9.17, 15) is 4.79 Å². The van der Waals surface area contributed by atoms with Gasteiger partial charge in [-0.3, -0.25) is 4.79 Å². The molecule has 0 spiro atoms. The number of hydrogen-bond donors (Lipinski definition) is 0. The number of likely N-dealkylation sites (tertiary alicyclic amines) is 1. The lowest BCUT2D eigenvalue weighted by atomic mass is 9.96. The van der Waals surface area contributed by atoms with Crippen LogP contribution in [0.4, 0.5) is 0 Å². The molecule has 28 heavy (non-hydrogen) atoms. The minimum Gasteiger partial charge on any atom is -0.342 e. The fourth-order valence-electron chi connectivity index (χ4n) is 4.14. The second-order valence-electron chi connectivity index (χ2n) is 7.99. The average Bonchev–Trinajstić information content (AvgIpc) is 2.73. The van der Waals surface area contributed by atoms with E-state index in [0.29, 0.717) is 6.42 Å². The number of rotatable bonds is 4. The highest BCUT2D eigenvalue weighted by atomic mass is 35.5. The monoisotopic (exact) mass is 398 g/mol. The number of aromatic nitrogens is 2. The first-order chi connectivity index (χ1) is 13.6. The first-order valence-electron chi connectivity index (χ1n) is 10.1. The zero-order valence-corrected chi connectivity index (χ0v) is 17.2. The number of benzene rings is 1. The van der Waals surface area contributed by atoms with E-state index in [2.05, 4.69) is 16.9 Å². The van der Waals surface area contributed by atoms with Crippen LogP contribution in [0.3, 0.4) is 0 Å². The number of halogens is 1. The van der Waals surface area contributed by atoms with Gasteiger partial charge in [0.1, 0.15) is 5.82 Å². The minimum absolute atomic E-state index is 0.222. The van der Waals surface area contributed by atoms with Crippen molar-refractivity contribution >= 4 is 17.5 Å². The van der Waals surface area contributed by atoms with E-state index in [4.69, 9.17) is 16.6 Å². The van der Waals surface area contributed by atoms with Crippen LogP contribution in [0.15, 0.2) is 30.5 Å². The first kappa shape index (κ1) is 19.3. The molecule has 6 heteroatoms. The number of aryl methyl sites for hydroxylation is 1. The molecule has 1 aromatic heterocycles. The maximum Gasteiger partial charge on any atom is 0.222 e. The number of likely N-dealkylation sites (N-methyl/N-ethyl adjacent to an activating group) is 1. The lowest BCUT2D eigenvalue weighted by Gasteiger charge is -2.33. The van der Waals surface area contributed by atoms with Crippen LogP contribution in [0.1, 0.15) is 47.8 Å². The summed E-state index contributed by atoms with van der Waals surface area (Å²) in [6.07, 6.45) is 6.33. The molecule has 1 amide bonds. The van der Waals surface area contributed by atoms with Crippen molar-refractivity contribution in [2.24, 2.45) is 0 Å². The van der Waals surface area contributed by atoms with Gasteiger partial charge < -0.3 is 9.80 Å². The molecule has 0 bridgehead atoms. The molecule has 1 aromatic carbocycles. The Morgan fingerprint density at radius 1 is 1.25 bits per heavy atom. The molecule has 0 N–H and O–H groups in total. The van der Waals surface area contributed by atoms with Gasteiger partial charge in [-0.25, -0.2) is 9.97 Å². The lowest BCUT2D eigenvalue weighted by molar-refractivity contribution is -0.132. The average molecular weight is 399 g/mol. The normalized spacial score (nSPS) is 20.1. The molecule has 3 heterocycles. The fraction of sp³-hybridized carbons (Fsp3) is 0.500. The van der Waals surface area contributed by atoms with Gasteiger partial charge in [0, 0.05) is 67.4 Å². The van der Waals surface area contributed by atoms with E-state index in [1.165, 1.54) is 11.3 Å². The van der Waals surface area contributed by atoms with Crippen molar-refractivity contribution in [3.8, 4) is 0 Å². The van der Waals surface area contributed by atoms with Crippen LogP contribution in [0.2, 0.25) is 5.02 Å². The van der Waals surface area contributed by atoms with E-state index in [0.717, 1.165) is 68.3 Å². The zero-order chi connectivity index (χ0) is 19.5. The molecule has 2 aliphatic heterocycles. The molecule has 0 unspecified atom stereocenters. The van der Waals surface area contributed by atoms with E-state index in [1.807, 2.05) is 35.4 Å². The highest BCUT2D eigenvalue weighted by molar-refractivity contribution is 6.30. The van der Waals surface area contributed by atoms with E-state index in [-0.39, 0.29) is 11.8 Å². The maximum atomic E-state index is 12.7. The van der Waals surface area contributed by atoms with Gasteiger partial charge in [0.05, 0.1) is 0 Å². The number of piperidine rings is 1. The van der Waals surface area contributed by atoms with Gasteiger partial charge in [0.2, 0.25) is 5.91 Å². The molecular weight excluding hydrogens is 372 g/mol. The van der Waals surface area contributed by atoms with E-state index in [1.54, 1.807) is 0 Å². The van der Waals surface area contributed by atoms with E-state index >= 15 is 0 Å². The summed E-state index contributed by atoms with van der Waals surface area (Å²) in [4.78, 5) is 26.6. The fourth-order valence-corrected chi connectivity index (χ4v) is 4.27. The molecule has 0 radical (unpaired) electrons. The summed E-state index contributed by atoms with van der Waals surface area (Å²) in [5.74, 6) is 1.39. The van der Waals surface area contributed by atoms with Gasteiger partial charge in [-0.1, -0.05) is 23.7 Å². The molecule has 2 aromatic rings. The summed E-state index contributed by atoms with van der Waals surface area (Å²) in [7, 11) is 2.13. The number of carbonyl (C=O) groups is 1. The quantitative estimate of drug-likeness (QED) is 0.791. The lowest BCUT2D eigenvalue weighted by Crippen LogP contribution is -2.39. The van der Waals surface area contributed by atoms with Crippen molar-refractivity contribution in [3.63, 3.8) is 0 Å². The van der Waals surface area contributed by atoms with Gasteiger partial charge in [-0.05, 0) is 44.0 Å². The summed E-state index contributed by atoms with van der Waals surface area (Å²) < 4.78 is 0. The highest BCUT2D eigenvalue weighted by Crippen LogP contribution is 2.26. The minimum atomic E-state index is 0.222. The summed E-state index contributed by atoms with van der Waals surface area (Å²) >= 11 is 5.93. The third-order valence-corrected chi connectivity index (χ3v) is 6.08. The zero-order valence-electron chi connectivity index (χ0n) is 16.4. The van der Waals surface area contributed by atoms with Crippen LogP contribution in [-0.2, 0) is 24.2 Å². The van der Waals surface area contributed by atoms with Crippen LogP contribution in [0, 0.1) is 0 Å². The molecule has 0 saturated carbocycles. The Labute approximate surface area is 171 Å². The number of fused-ring (bicyclic) bond motifs is 1. The summed E-state index contributed by atoms with van der Waals surface area (Å²) in [6.45, 7) is 3.54. The largest absolute Gasteiger partial charge is 0.342 e. The molecule has 2 aliphatic rings. The van der Waals surface area contributed by atoms with Gasteiger partial charge in [-0.2, -0.15) is 0 Å². The van der Waals surface area contributed by atoms with Gasteiger partial charge >= 0.3 is 0 Å². The van der Waals surface area contributed by atoms with Gasteiger partial charge in [0.15, 0.2) is 0 Å². The van der Waals surface area contributed by atoms with Gasteiger partial charge in [-0.15, -0.1) is 0 Å². The molecule has 0 aliphatic carbocycles. The van der Waals surface area contributed by atoms with Crippen molar-refractivity contribution in [2.75, 3.05) is 26.7 Å². The van der Waals surface area contributed by atoms with Gasteiger partial charge in [0.25, 0.3) is 0 Å². The molecule has 1 atom stereocenters. The molecule has 1 fully saturated rings. The van der Waals surface area contributed by atoms with Crippen LogP contribution >= 0.6 is 11.6 Å². The van der Waals surface area contributed by atoms with Crippen LogP contribution < -0.4 is 0 Å². The van der Waals surface area contributed by atoms with Crippen LogP contribution in [0.5, 0.6) is 0 Å². The Morgan fingerprint density at radius 2 is 2.07 bits per heavy atom. The standard InChI is InChI=1S/C22H27ClN4O/c1-26-12-10-20-18(14-26)13-24-22(25-20)17-3-2-11-27(15-17)21(28)9-6-16-4-7-19(23)8-5-16/h4-5,7-8,13,17H,2-3,6,9-12,14-15H2,1H3/t17-/m0/s1. The SMILES string of the molecule is CN1CCc2nc([C@H]3CCCN(C(=O)CCc4ccc(Cl)cc4)C3)ncc2C1. The number of nitrogens with zero attached hydrogens (tertiary/aromatic N) is 4. The van der Waals surface area contributed by atoms with Crippen molar-refractivity contribution in [1.29, 1.82) is 0 Å². The summed E-state index contributed by atoms with van der Waals surface area (Å²) in [6, 6.07) is 7.74. The van der Waals surface area contributed by atoms with E-state index < -0.39 is 0 Å². The number of amides is 1. The first-order valence-corrected chi connectivity index (χ1v) is 10.5. The molecule has 148 valence electrons. The predicted octanol–water partition coefficient (Wildman–Crippen LogP) is 3.46. The highest BCUT2D eigenvalue weighted by Gasteiger charge is 2.27. The van der Waals surface area contributed by atoms with Crippen LogP contribution in [0.25, 0.3) is 0 Å². The predicted molar refractivity (Wildman–Crippen MR) is 110 cm³/mol. The van der Waals surface area contributed by atoms with Crippen molar-refractivity contribution < 1.29 is 4.79 Å². The molecule has 5 nitrogen and oxygen atoms in total. The van der Waals surface area contributed by atoms with Crippen molar-refractivity contribution in [3.05, 3.63) is 58.1 Å². The Bertz CT molecular complexity index is 839. The maximum absolute atomic E-state index is 12.7. The van der Waals surface area contributed by atoms with Crippen molar-refractivity contribution in [1.82, 2.24) is 19.8 Å². The Hall–Kier alpha value is -1.98. The third kappa shape index (κ3) is 4.53. The Morgan fingerprint density at radius 3 is 2.89 bits per heavy atom. The Balaban J connectivity index is 1.37. The Kier molecular flexibility index (Phi) is 5.93. The third-order valence-electron chi connectivity index (χ3n) is 5.82. The van der Waals surface area contributed by atoms with Crippen molar-refractivity contribution in [2.45, 2.75) is 44.6 Å². The topological polar surface area (TPSA) is 49.3 Å². The summed E-state index contributed by atoms with van der Waals surface area (Å²) in [5.41, 5.74) is 3.58. The second kappa shape index (κ2) is 8.58. The summed E-state index contributed by atoms with van der Waals surface area (Å²) in [5, 5.41) is 0.727.